The average Bonchev–Trinajstić information content (AvgIpc) is 3.76. The molecule has 9 aromatic rings. The summed E-state index contributed by atoms with van der Waals surface area (Å²) in [6.07, 6.45) is 5.60. The summed E-state index contributed by atoms with van der Waals surface area (Å²) in [6.45, 7) is 20.3. The van der Waals surface area contributed by atoms with Crippen LogP contribution in [0.3, 0.4) is 0 Å². The van der Waals surface area contributed by atoms with Gasteiger partial charge in [-0.1, -0.05) is 117 Å². The van der Waals surface area contributed by atoms with Gasteiger partial charge in [0.15, 0.2) is 0 Å². The van der Waals surface area contributed by atoms with Crippen molar-refractivity contribution in [3.63, 3.8) is 0 Å². The molecule has 0 N–H and O–H groups in total. The molecular weight excluding hydrogens is 740 g/mol. The molecular formula is C54H51FN4O. The second-order valence-electron chi connectivity index (χ2n) is 19.0. The lowest BCUT2D eigenvalue weighted by Crippen LogP contribution is -2.31. The molecule has 0 saturated heterocycles. The molecule has 0 spiro atoms. The van der Waals surface area contributed by atoms with Gasteiger partial charge in [0.05, 0.1) is 33.4 Å². The minimum Gasteiger partial charge on any atom is -0.458 e. The largest absolute Gasteiger partial charge is 0.458 e. The van der Waals surface area contributed by atoms with E-state index in [2.05, 4.69) is 179 Å². The zero-order valence-electron chi connectivity index (χ0n) is 35.9. The van der Waals surface area contributed by atoms with Gasteiger partial charge in [-0.2, -0.15) is 0 Å². The van der Waals surface area contributed by atoms with Gasteiger partial charge in [0.1, 0.15) is 23.1 Å². The van der Waals surface area contributed by atoms with Crippen molar-refractivity contribution < 1.29 is 13.7 Å². The zero-order chi connectivity index (χ0) is 42.1. The summed E-state index contributed by atoms with van der Waals surface area (Å²) in [4.78, 5) is 4.89. The van der Waals surface area contributed by atoms with Gasteiger partial charge in [-0.3, -0.25) is 13.7 Å². The van der Waals surface area contributed by atoms with Crippen LogP contribution in [0.15, 0.2) is 146 Å². The molecule has 3 aromatic heterocycles. The predicted octanol–water partition coefficient (Wildman–Crippen LogP) is 13.7. The maximum Gasteiger partial charge on any atom is 0.269 e. The first-order chi connectivity index (χ1) is 28.5. The van der Waals surface area contributed by atoms with Crippen molar-refractivity contribution in [3.8, 4) is 39.8 Å². The van der Waals surface area contributed by atoms with Crippen LogP contribution >= 0.6 is 0 Å². The Morgan fingerprint density at radius 3 is 1.98 bits per heavy atom. The SMILES string of the molecule is CC(C)(C)c1cc(-[n+]2[c-]n(-c3cccc(Oc4ccc5c6cc(-c7cccc(F)c7)ccc6n(-c6cc(C(C)(C)C)ccn6)c5c4)c3)c3ccccc32)cc(C(C)(C)C)c1. The van der Waals surface area contributed by atoms with Gasteiger partial charge < -0.3 is 4.74 Å². The van der Waals surface area contributed by atoms with Crippen LogP contribution in [0.25, 0.3) is 61.2 Å². The number of fused-ring (bicyclic) bond motifs is 4. The molecule has 0 bridgehead atoms. The molecule has 300 valence electrons. The van der Waals surface area contributed by atoms with Crippen molar-refractivity contribution in [1.29, 1.82) is 0 Å². The first-order valence-corrected chi connectivity index (χ1v) is 20.7. The number of benzene rings is 6. The first kappa shape index (κ1) is 39.0. The zero-order valence-corrected chi connectivity index (χ0v) is 35.9. The van der Waals surface area contributed by atoms with Crippen LogP contribution < -0.4 is 9.30 Å². The lowest BCUT2D eigenvalue weighted by Gasteiger charge is -2.26. The van der Waals surface area contributed by atoms with E-state index >= 15 is 0 Å². The summed E-state index contributed by atoms with van der Waals surface area (Å²) in [6, 6.07) is 47.1. The Hall–Kier alpha value is -6.53. The second kappa shape index (κ2) is 14.3. The van der Waals surface area contributed by atoms with E-state index in [-0.39, 0.29) is 22.1 Å². The summed E-state index contributed by atoms with van der Waals surface area (Å²) in [5.74, 6) is 1.97. The van der Waals surface area contributed by atoms with E-state index in [1.807, 2.05) is 30.5 Å². The lowest BCUT2D eigenvalue weighted by molar-refractivity contribution is -0.572. The van der Waals surface area contributed by atoms with Crippen LogP contribution in [-0.4, -0.2) is 14.1 Å². The average molecular weight is 791 g/mol. The molecule has 0 atom stereocenters. The lowest BCUT2D eigenvalue weighted by atomic mass is 9.80. The summed E-state index contributed by atoms with van der Waals surface area (Å²) >= 11 is 0. The monoisotopic (exact) mass is 790 g/mol. The minimum absolute atomic E-state index is 0.0171. The third-order valence-corrected chi connectivity index (χ3v) is 11.5. The third-order valence-electron chi connectivity index (χ3n) is 11.5. The van der Waals surface area contributed by atoms with E-state index < -0.39 is 0 Å². The highest BCUT2D eigenvalue weighted by molar-refractivity contribution is 6.10. The van der Waals surface area contributed by atoms with Crippen LogP contribution in [0.2, 0.25) is 0 Å². The van der Waals surface area contributed by atoms with Gasteiger partial charge in [-0.15, -0.1) is 0 Å². The van der Waals surface area contributed by atoms with Crippen molar-refractivity contribution in [1.82, 2.24) is 14.1 Å². The molecule has 0 aliphatic carbocycles. The fourth-order valence-corrected chi connectivity index (χ4v) is 8.04. The van der Waals surface area contributed by atoms with E-state index in [4.69, 9.17) is 9.72 Å². The van der Waals surface area contributed by atoms with E-state index in [0.29, 0.717) is 11.5 Å². The maximum atomic E-state index is 14.3. The molecule has 6 aromatic carbocycles. The second-order valence-corrected chi connectivity index (χ2v) is 19.0. The number of pyridine rings is 1. The third kappa shape index (κ3) is 7.25. The number of ether oxygens (including phenoxy) is 1. The van der Waals surface area contributed by atoms with Crippen LogP contribution in [-0.2, 0) is 16.2 Å². The normalized spacial score (nSPS) is 12.5. The van der Waals surface area contributed by atoms with E-state index in [1.54, 1.807) is 12.1 Å². The van der Waals surface area contributed by atoms with Gasteiger partial charge in [0.25, 0.3) is 6.33 Å². The first-order valence-electron chi connectivity index (χ1n) is 20.7. The number of hydrogen-bond donors (Lipinski definition) is 0. The summed E-state index contributed by atoms with van der Waals surface area (Å²) in [7, 11) is 0. The van der Waals surface area contributed by atoms with E-state index in [9.17, 15) is 4.39 Å². The highest BCUT2D eigenvalue weighted by atomic mass is 19.1. The van der Waals surface area contributed by atoms with Crippen LogP contribution in [0, 0.1) is 12.1 Å². The Morgan fingerprint density at radius 1 is 0.550 bits per heavy atom. The highest BCUT2D eigenvalue weighted by Crippen LogP contribution is 2.38. The van der Waals surface area contributed by atoms with E-state index in [1.165, 1.54) is 22.8 Å². The Labute approximate surface area is 352 Å². The molecule has 0 amide bonds. The van der Waals surface area contributed by atoms with Crippen LogP contribution in [0.1, 0.15) is 79.0 Å². The molecule has 60 heavy (non-hydrogen) atoms. The standard InChI is InChI=1S/C54H51FN4O/c1-52(2,3)37-24-25-56-51(31-37)59-47-23-20-36(35-14-12-15-40(55)26-35)27-46(47)45-22-21-44(33-50(45)59)60-43-17-13-16-41(32-43)57-34-58(49-19-11-10-18-48(49)57)42-29-38(53(4,5)6)28-39(30-42)54(7,8)9/h10-33H,1-9H3. The van der Waals surface area contributed by atoms with Crippen molar-refractivity contribution in [2.24, 2.45) is 0 Å². The van der Waals surface area contributed by atoms with Gasteiger partial charge in [-0.05, 0) is 123 Å². The number of halogens is 1. The quantitative estimate of drug-likeness (QED) is 0.124. The molecule has 0 saturated carbocycles. The molecule has 0 radical (unpaired) electrons. The molecule has 5 nitrogen and oxygen atoms in total. The smallest absolute Gasteiger partial charge is 0.269 e. The van der Waals surface area contributed by atoms with Gasteiger partial charge in [-0.25, -0.2) is 9.37 Å². The molecule has 0 aliphatic rings. The Kier molecular flexibility index (Phi) is 9.31. The number of para-hydroxylation sites is 2. The topological polar surface area (TPSA) is 35.9 Å². The Bertz CT molecular complexity index is 3060. The van der Waals surface area contributed by atoms with Gasteiger partial charge in [0, 0.05) is 23.0 Å². The number of rotatable bonds is 6. The molecule has 9 rings (SSSR count). The number of aromatic nitrogens is 4. The van der Waals surface area contributed by atoms with Crippen LogP contribution in [0.4, 0.5) is 4.39 Å². The summed E-state index contributed by atoms with van der Waals surface area (Å²) in [5.41, 5.74) is 11.6. The summed E-state index contributed by atoms with van der Waals surface area (Å²) in [5, 5.41) is 2.10. The van der Waals surface area contributed by atoms with Gasteiger partial charge >= 0.3 is 0 Å². The Balaban J connectivity index is 1.14. The van der Waals surface area contributed by atoms with Crippen molar-refractivity contribution in [2.75, 3.05) is 0 Å². The fourth-order valence-electron chi connectivity index (χ4n) is 8.04. The number of nitrogens with zero attached hydrogens (tertiary/aromatic N) is 4. The Morgan fingerprint density at radius 2 is 1.25 bits per heavy atom. The molecule has 0 fully saturated rings. The van der Waals surface area contributed by atoms with Crippen molar-refractivity contribution in [2.45, 2.75) is 78.6 Å². The minimum atomic E-state index is -0.258. The van der Waals surface area contributed by atoms with Crippen molar-refractivity contribution >= 4 is 32.8 Å². The number of hydrogen-bond acceptors (Lipinski definition) is 2. The van der Waals surface area contributed by atoms with Crippen molar-refractivity contribution in [3.05, 3.63) is 175 Å². The molecule has 3 heterocycles. The molecule has 0 unspecified atom stereocenters. The predicted molar refractivity (Wildman–Crippen MR) is 244 cm³/mol. The molecule has 0 aliphatic heterocycles. The van der Waals surface area contributed by atoms with Crippen LogP contribution in [0.5, 0.6) is 11.5 Å². The highest BCUT2D eigenvalue weighted by Gasteiger charge is 2.23. The number of imidazole rings is 1. The fraction of sp³-hybridized carbons (Fsp3) is 0.222. The van der Waals surface area contributed by atoms with Gasteiger partial charge in [0.2, 0.25) is 0 Å². The maximum absolute atomic E-state index is 14.3. The summed E-state index contributed by atoms with van der Waals surface area (Å²) < 4.78 is 27.6. The molecule has 6 heteroatoms. The van der Waals surface area contributed by atoms with E-state index in [0.717, 1.165) is 61.2 Å².